The van der Waals surface area contributed by atoms with Gasteiger partial charge in [-0.05, 0) is 26.7 Å². The second kappa shape index (κ2) is 8.19. The van der Waals surface area contributed by atoms with E-state index in [0.29, 0.717) is 11.6 Å². The predicted molar refractivity (Wildman–Crippen MR) is 93.0 cm³/mol. The van der Waals surface area contributed by atoms with E-state index >= 15 is 0 Å². The number of anilines is 2. The van der Waals surface area contributed by atoms with Crippen LogP contribution in [0.5, 0.6) is 0 Å². The van der Waals surface area contributed by atoms with Gasteiger partial charge in [0.15, 0.2) is 10.3 Å². The molecule has 0 amide bonds. The summed E-state index contributed by atoms with van der Waals surface area (Å²) in [6.07, 6.45) is 2.16. The first-order chi connectivity index (χ1) is 10.5. The van der Waals surface area contributed by atoms with Crippen molar-refractivity contribution in [3.63, 3.8) is 0 Å². The van der Waals surface area contributed by atoms with Crippen molar-refractivity contribution < 1.29 is 0 Å². The minimum Gasteiger partial charge on any atom is -0.384 e. The molecule has 0 aromatic carbocycles. The summed E-state index contributed by atoms with van der Waals surface area (Å²) < 4.78 is 0. The molecule has 0 fully saturated rings. The molecule has 0 aliphatic carbocycles. The molecule has 8 heteroatoms. The van der Waals surface area contributed by atoms with Crippen LogP contribution in [0.2, 0.25) is 0 Å². The molecule has 2 aromatic heterocycles. The SMILES string of the molecule is Cc1cc(N)nc(SCCCCSc2nc(C)cc(N)n2)n1. The van der Waals surface area contributed by atoms with Crippen LogP contribution in [-0.2, 0) is 0 Å². The van der Waals surface area contributed by atoms with Crippen molar-refractivity contribution >= 4 is 35.2 Å². The van der Waals surface area contributed by atoms with Gasteiger partial charge in [-0.1, -0.05) is 23.5 Å². The lowest BCUT2D eigenvalue weighted by Crippen LogP contribution is -1.98. The summed E-state index contributed by atoms with van der Waals surface area (Å²) in [4.78, 5) is 17.1. The van der Waals surface area contributed by atoms with E-state index in [1.54, 1.807) is 35.7 Å². The number of hydrogen-bond acceptors (Lipinski definition) is 8. The lowest BCUT2D eigenvalue weighted by molar-refractivity contribution is 0.884. The third kappa shape index (κ3) is 5.69. The third-order valence-corrected chi connectivity index (χ3v) is 4.58. The highest BCUT2D eigenvalue weighted by atomic mass is 32.2. The number of unbranched alkanes of at least 4 members (excludes halogenated alkanes) is 1. The van der Waals surface area contributed by atoms with Gasteiger partial charge in [-0.15, -0.1) is 0 Å². The Labute approximate surface area is 138 Å². The van der Waals surface area contributed by atoms with Crippen LogP contribution >= 0.6 is 23.5 Å². The fourth-order valence-electron chi connectivity index (χ4n) is 1.79. The molecule has 2 rings (SSSR count). The maximum absolute atomic E-state index is 5.71. The minimum absolute atomic E-state index is 0.528. The monoisotopic (exact) mass is 336 g/mol. The van der Waals surface area contributed by atoms with E-state index in [4.69, 9.17) is 11.5 Å². The van der Waals surface area contributed by atoms with Gasteiger partial charge in [-0.3, -0.25) is 0 Å². The largest absolute Gasteiger partial charge is 0.384 e. The Balaban J connectivity index is 1.67. The zero-order valence-corrected chi connectivity index (χ0v) is 14.4. The first-order valence-electron chi connectivity index (χ1n) is 7.01. The molecule has 4 N–H and O–H groups in total. The lowest BCUT2D eigenvalue weighted by atomic mass is 10.4. The van der Waals surface area contributed by atoms with Gasteiger partial charge in [-0.2, -0.15) is 0 Å². The van der Waals surface area contributed by atoms with Crippen LogP contribution in [0.15, 0.2) is 22.4 Å². The fraction of sp³-hybridized carbons (Fsp3) is 0.429. The van der Waals surface area contributed by atoms with Crippen molar-refractivity contribution in [1.29, 1.82) is 0 Å². The number of nitrogens with two attached hydrogens (primary N) is 2. The van der Waals surface area contributed by atoms with Gasteiger partial charge < -0.3 is 11.5 Å². The second-order valence-corrected chi connectivity index (χ2v) is 6.96. The molecule has 118 valence electrons. The van der Waals surface area contributed by atoms with Crippen molar-refractivity contribution in [2.24, 2.45) is 0 Å². The molecule has 22 heavy (non-hydrogen) atoms. The Morgan fingerprint density at radius 2 is 1.18 bits per heavy atom. The molecule has 0 spiro atoms. The van der Waals surface area contributed by atoms with Gasteiger partial charge in [0.1, 0.15) is 11.6 Å². The topological polar surface area (TPSA) is 104 Å². The van der Waals surface area contributed by atoms with Gasteiger partial charge in [0.2, 0.25) is 0 Å². The highest BCUT2D eigenvalue weighted by Gasteiger charge is 2.03. The van der Waals surface area contributed by atoms with Crippen LogP contribution in [0, 0.1) is 13.8 Å². The quantitative estimate of drug-likeness (QED) is 0.452. The van der Waals surface area contributed by atoms with Gasteiger partial charge >= 0.3 is 0 Å². The van der Waals surface area contributed by atoms with E-state index in [0.717, 1.165) is 46.0 Å². The van der Waals surface area contributed by atoms with Crippen LogP contribution in [-0.4, -0.2) is 31.4 Å². The van der Waals surface area contributed by atoms with Gasteiger partial charge in [0.25, 0.3) is 0 Å². The Hall–Kier alpha value is -1.54. The van der Waals surface area contributed by atoms with E-state index in [-0.39, 0.29) is 0 Å². The molecule has 0 saturated heterocycles. The van der Waals surface area contributed by atoms with Crippen LogP contribution < -0.4 is 11.5 Å². The van der Waals surface area contributed by atoms with Crippen LogP contribution in [0.25, 0.3) is 0 Å². The molecule has 0 unspecified atom stereocenters. The van der Waals surface area contributed by atoms with E-state index < -0.39 is 0 Å². The summed E-state index contributed by atoms with van der Waals surface area (Å²) in [6.45, 7) is 3.85. The Bertz CT molecular complexity index is 539. The number of rotatable bonds is 7. The standard InChI is InChI=1S/C14H20N6S2/c1-9-7-11(15)19-13(17-9)21-5-3-4-6-22-14-18-10(2)8-12(16)20-14/h7-8H,3-6H2,1-2H3,(H2,15,17,19)(H2,16,18,20). The number of aryl methyl sites for hydroxylation is 2. The number of nitrogen functional groups attached to an aromatic ring is 2. The third-order valence-electron chi connectivity index (χ3n) is 2.71. The molecular weight excluding hydrogens is 316 g/mol. The van der Waals surface area contributed by atoms with Crippen molar-refractivity contribution in [3.05, 3.63) is 23.5 Å². The summed E-state index contributed by atoms with van der Waals surface area (Å²) in [5.41, 5.74) is 13.2. The van der Waals surface area contributed by atoms with E-state index in [1.807, 2.05) is 13.8 Å². The van der Waals surface area contributed by atoms with E-state index in [9.17, 15) is 0 Å². The fourth-order valence-corrected chi connectivity index (χ4v) is 3.61. The molecule has 0 saturated carbocycles. The zero-order valence-electron chi connectivity index (χ0n) is 12.7. The van der Waals surface area contributed by atoms with Crippen LogP contribution in [0.1, 0.15) is 24.2 Å². The maximum atomic E-state index is 5.71. The van der Waals surface area contributed by atoms with Crippen LogP contribution in [0.3, 0.4) is 0 Å². The van der Waals surface area contributed by atoms with Crippen molar-refractivity contribution in [2.75, 3.05) is 23.0 Å². The normalized spacial score (nSPS) is 10.8. The summed E-state index contributed by atoms with van der Waals surface area (Å²) in [7, 11) is 0. The Morgan fingerprint density at radius 1 is 0.773 bits per heavy atom. The molecule has 0 aliphatic rings. The first kappa shape index (κ1) is 16.8. The molecule has 2 heterocycles. The lowest BCUT2D eigenvalue weighted by Gasteiger charge is -2.04. The molecule has 0 atom stereocenters. The maximum Gasteiger partial charge on any atom is 0.189 e. The predicted octanol–water partition coefficient (Wildman–Crippen LogP) is 2.71. The van der Waals surface area contributed by atoms with Gasteiger partial charge in [-0.25, -0.2) is 19.9 Å². The molecule has 0 radical (unpaired) electrons. The second-order valence-electron chi connectivity index (χ2n) is 4.84. The first-order valence-corrected chi connectivity index (χ1v) is 8.98. The summed E-state index contributed by atoms with van der Waals surface area (Å²) in [5.74, 6) is 3.00. The number of aromatic nitrogens is 4. The zero-order chi connectivity index (χ0) is 15.9. The van der Waals surface area contributed by atoms with Crippen molar-refractivity contribution in [3.8, 4) is 0 Å². The Kier molecular flexibility index (Phi) is 6.26. The number of thioether (sulfide) groups is 2. The molecule has 0 aliphatic heterocycles. The molecule has 2 aromatic rings. The molecule has 0 bridgehead atoms. The summed E-state index contributed by atoms with van der Waals surface area (Å²) in [5, 5.41) is 1.50. The van der Waals surface area contributed by atoms with Gasteiger partial charge in [0, 0.05) is 35.0 Å². The van der Waals surface area contributed by atoms with Crippen LogP contribution in [0.4, 0.5) is 11.6 Å². The van der Waals surface area contributed by atoms with Crippen molar-refractivity contribution in [1.82, 2.24) is 19.9 Å². The molecular formula is C14H20N6S2. The van der Waals surface area contributed by atoms with Gasteiger partial charge in [0.05, 0.1) is 0 Å². The molecule has 6 nitrogen and oxygen atoms in total. The van der Waals surface area contributed by atoms with Crippen molar-refractivity contribution in [2.45, 2.75) is 37.0 Å². The summed E-state index contributed by atoms with van der Waals surface area (Å²) in [6, 6.07) is 3.54. The smallest absolute Gasteiger partial charge is 0.189 e. The summed E-state index contributed by atoms with van der Waals surface area (Å²) >= 11 is 3.27. The minimum atomic E-state index is 0.528. The number of nitrogens with zero attached hydrogens (tertiary/aromatic N) is 4. The highest BCUT2D eigenvalue weighted by molar-refractivity contribution is 7.99. The average molecular weight is 336 g/mol. The average Bonchev–Trinajstić information content (AvgIpc) is 2.40. The Morgan fingerprint density at radius 3 is 1.55 bits per heavy atom. The highest BCUT2D eigenvalue weighted by Crippen LogP contribution is 2.20. The van der Waals surface area contributed by atoms with E-state index in [2.05, 4.69) is 19.9 Å². The van der Waals surface area contributed by atoms with E-state index in [1.165, 1.54) is 0 Å². The number of hydrogen-bond donors (Lipinski definition) is 2.